The van der Waals surface area contributed by atoms with Crippen LogP contribution in [0.25, 0.3) is 0 Å². The molecule has 6 heteroatoms. The first-order valence-electron chi connectivity index (χ1n) is 5.57. The van der Waals surface area contributed by atoms with Crippen molar-refractivity contribution in [2.75, 3.05) is 12.3 Å². The number of ether oxygens (including phenoxy) is 1. The third kappa shape index (κ3) is 3.58. The van der Waals surface area contributed by atoms with Crippen molar-refractivity contribution < 1.29 is 9.53 Å². The van der Waals surface area contributed by atoms with Gasteiger partial charge < -0.3 is 10.5 Å². The Morgan fingerprint density at radius 1 is 1.44 bits per heavy atom. The molecule has 0 aliphatic carbocycles. The van der Waals surface area contributed by atoms with Crippen LogP contribution in [0.2, 0.25) is 0 Å². The molecule has 0 radical (unpaired) electrons. The highest BCUT2D eigenvalue weighted by molar-refractivity contribution is 5.69. The van der Waals surface area contributed by atoms with E-state index >= 15 is 0 Å². The van der Waals surface area contributed by atoms with Gasteiger partial charge in [-0.2, -0.15) is 5.10 Å². The van der Waals surface area contributed by atoms with E-state index in [-0.39, 0.29) is 12.5 Å². The van der Waals surface area contributed by atoms with Crippen LogP contribution in [0.3, 0.4) is 0 Å². The predicted octanol–water partition coefficient (Wildman–Crippen LogP) is 0.646. The summed E-state index contributed by atoms with van der Waals surface area (Å²) in [5, 5.41) is 3.90. The van der Waals surface area contributed by atoms with E-state index in [4.69, 9.17) is 10.5 Å². The van der Waals surface area contributed by atoms with E-state index in [9.17, 15) is 4.79 Å². The van der Waals surface area contributed by atoms with E-state index in [1.807, 2.05) is 18.2 Å². The minimum atomic E-state index is -0.339. The van der Waals surface area contributed by atoms with Gasteiger partial charge in [-0.25, -0.2) is 0 Å². The monoisotopic (exact) mass is 246 g/mol. The van der Waals surface area contributed by atoms with E-state index in [1.54, 1.807) is 12.4 Å². The quantitative estimate of drug-likeness (QED) is 0.783. The normalized spacial score (nSPS) is 10.2. The van der Waals surface area contributed by atoms with Crippen LogP contribution in [0, 0.1) is 0 Å². The molecule has 0 aliphatic rings. The third-order valence-electron chi connectivity index (χ3n) is 2.29. The fourth-order valence-corrected chi connectivity index (χ4v) is 1.46. The Hall–Kier alpha value is -2.37. The lowest BCUT2D eigenvalue weighted by atomic mass is 10.3. The lowest BCUT2D eigenvalue weighted by molar-refractivity contribution is -0.144. The first kappa shape index (κ1) is 12.1. The summed E-state index contributed by atoms with van der Waals surface area (Å²) in [6, 6.07) is 5.64. The number of aromatic nitrogens is 3. The molecule has 94 valence electrons. The zero-order chi connectivity index (χ0) is 12.8. The molecule has 0 saturated carbocycles. The first-order chi connectivity index (χ1) is 8.74. The lowest BCUT2D eigenvalue weighted by Crippen LogP contribution is -2.15. The molecule has 0 bridgehead atoms. The van der Waals surface area contributed by atoms with Gasteiger partial charge in [-0.1, -0.05) is 6.07 Å². The van der Waals surface area contributed by atoms with Gasteiger partial charge in [-0.3, -0.25) is 14.5 Å². The Balaban J connectivity index is 1.72. The van der Waals surface area contributed by atoms with E-state index in [1.165, 1.54) is 10.9 Å². The maximum absolute atomic E-state index is 11.5. The molecule has 2 aromatic rings. The zero-order valence-corrected chi connectivity index (χ0v) is 9.82. The van der Waals surface area contributed by atoms with E-state index in [0.717, 1.165) is 5.69 Å². The number of rotatable bonds is 5. The summed E-state index contributed by atoms with van der Waals surface area (Å²) in [7, 11) is 0. The number of hydrogen-bond acceptors (Lipinski definition) is 5. The molecule has 18 heavy (non-hydrogen) atoms. The largest absolute Gasteiger partial charge is 0.464 e. The summed E-state index contributed by atoms with van der Waals surface area (Å²) in [5.41, 5.74) is 6.91. The number of carbonyl (C=O) groups is 1. The van der Waals surface area contributed by atoms with Crippen molar-refractivity contribution in [3.8, 4) is 0 Å². The van der Waals surface area contributed by atoms with Gasteiger partial charge in [0.2, 0.25) is 0 Å². The van der Waals surface area contributed by atoms with Gasteiger partial charge in [-0.15, -0.1) is 0 Å². The molecule has 2 N–H and O–H groups in total. The molecule has 0 fully saturated rings. The van der Waals surface area contributed by atoms with E-state index in [2.05, 4.69) is 10.1 Å². The van der Waals surface area contributed by atoms with Crippen molar-refractivity contribution in [1.29, 1.82) is 0 Å². The molecule has 0 saturated heterocycles. The Morgan fingerprint density at radius 3 is 3.00 bits per heavy atom. The van der Waals surface area contributed by atoms with Crippen molar-refractivity contribution in [3.63, 3.8) is 0 Å². The molecule has 0 spiro atoms. The molecule has 0 atom stereocenters. The van der Waals surface area contributed by atoms with Crippen LogP contribution in [-0.2, 0) is 22.5 Å². The number of esters is 1. The minimum Gasteiger partial charge on any atom is -0.464 e. The maximum Gasteiger partial charge on any atom is 0.327 e. The SMILES string of the molecule is Nc1cnn(CC(=O)OCCc2ccccn2)c1. The summed E-state index contributed by atoms with van der Waals surface area (Å²) in [6.45, 7) is 0.381. The number of nitrogen functional groups attached to an aromatic ring is 1. The van der Waals surface area contributed by atoms with Crippen LogP contribution >= 0.6 is 0 Å². The smallest absolute Gasteiger partial charge is 0.327 e. The minimum absolute atomic E-state index is 0.0689. The number of pyridine rings is 1. The Labute approximate surface area is 104 Å². The molecule has 0 aromatic carbocycles. The van der Waals surface area contributed by atoms with E-state index < -0.39 is 0 Å². The number of nitrogens with two attached hydrogens (primary N) is 1. The fourth-order valence-electron chi connectivity index (χ4n) is 1.46. The highest BCUT2D eigenvalue weighted by atomic mass is 16.5. The second kappa shape index (κ2) is 5.81. The van der Waals surface area contributed by atoms with E-state index in [0.29, 0.717) is 18.7 Å². The van der Waals surface area contributed by atoms with Crippen LogP contribution in [0.1, 0.15) is 5.69 Å². The average molecular weight is 246 g/mol. The zero-order valence-electron chi connectivity index (χ0n) is 9.82. The van der Waals surface area contributed by atoms with Gasteiger partial charge in [0.05, 0.1) is 18.5 Å². The van der Waals surface area contributed by atoms with Crippen molar-refractivity contribution in [1.82, 2.24) is 14.8 Å². The molecule has 0 amide bonds. The standard InChI is InChI=1S/C12H14N4O2/c13-10-7-15-16(8-10)9-12(17)18-6-4-11-3-1-2-5-14-11/h1-3,5,7-8H,4,6,9,13H2. The molecule has 2 heterocycles. The predicted molar refractivity (Wildman–Crippen MR) is 65.5 cm³/mol. The second-order valence-electron chi connectivity index (χ2n) is 3.76. The Morgan fingerprint density at radius 2 is 2.33 bits per heavy atom. The summed E-state index contributed by atoms with van der Waals surface area (Å²) in [6.07, 6.45) is 5.39. The molecule has 0 unspecified atom stereocenters. The van der Waals surface area contributed by atoms with Crippen LogP contribution in [0.5, 0.6) is 0 Å². The summed E-state index contributed by atoms with van der Waals surface area (Å²) in [4.78, 5) is 15.6. The van der Waals surface area contributed by atoms with Crippen LogP contribution in [-0.4, -0.2) is 27.3 Å². The van der Waals surface area contributed by atoms with Gasteiger partial charge in [0.1, 0.15) is 6.54 Å². The van der Waals surface area contributed by atoms with Crippen molar-refractivity contribution in [2.45, 2.75) is 13.0 Å². The Kier molecular flexibility index (Phi) is 3.90. The van der Waals surface area contributed by atoms with Gasteiger partial charge in [0.15, 0.2) is 0 Å². The molecule has 2 aromatic heterocycles. The number of anilines is 1. The highest BCUT2D eigenvalue weighted by Crippen LogP contribution is 1.99. The van der Waals surface area contributed by atoms with Crippen LogP contribution in [0.15, 0.2) is 36.8 Å². The molecule has 6 nitrogen and oxygen atoms in total. The van der Waals surface area contributed by atoms with Gasteiger partial charge in [0.25, 0.3) is 0 Å². The van der Waals surface area contributed by atoms with Gasteiger partial charge in [0, 0.05) is 24.5 Å². The highest BCUT2D eigenvalue weighted by Gasteiger charge is 2.05. The first-order valence-corrected chi connectivity index (χ1v) is 5.57. The Bertz CT molecular complexity index is 510. The summed E-state index contributed by atoms with van der Waals surface area (Å²) in [5.74, 6) is -0.339. The third-order valence-corrected chi connectivity index (χ3v) is 2.29. The molecular formula is C12H14N4O2. The topological polar surface area (TPSA) is 83.0 Å². The van der Waals surface area contributed by atoms with Crippen LogP contribution in [0.4, 0.5) is 5.69 Å². The van der Waals surface area contributed by atoms with Crippen LogP contribution < -0.4 is 5.73 Å². The van der Waals surface area contributed by atoms with Crippen molar-refractivity contribution >= 4 is 11.7 Å². The summed E-state index contributed by atoms with van der Waals surface area (Å²) >= 11 is 0. The lowest BCUT2D eigenvalue weighted by Gasteiger charge is -2.04. The number of hydrogen-bond donors (Lipinski definition) is 1. The molecule has 2 rings (SSSR count). The summed E-state index contributed by atoms with van der Waals surface area (Å²) < 4.78 is 6.52. The van der Waals surface area contributed by atoms with Crippen molar-refractivity contribution in [2.24, 2.45) is 0 Å². The molecular weight excluding hydrogens is 232 g/mol. The molecule has 0 aliphatic heterocycles. The second-order valence-corrected chi connectivity index (χ2v) is 3.76. The van der Waals surface area contributed by atoms with Gasteiger partial charge >= 0.3 is 5.97 Å². The average Bonchev–Trinajstić information content (AvgIpc) is 2.76. The van der Waals surface area contributed by atoms with Crippen molar-refractivity contribution in [3.05, 3.63) is 42.5 Å². The number of carbonyl (C=O) groups excluding carboxylic acids is 1. The maximum atomic E-state index is 11.5. The van der Waals surface area contributed by atoms with Gasteiger partial charge in [-0.05, 0) is 12.1 Å². The number of nitrogens with zero attached hydrogens (tertiary/aromatic N) is 3. The fraction of sp³-hybridized carbons (Fsp3) is 0.250.